The predicted molar refractivity (Wildman–Crippen MR) is 71.6 cm³/mol. The van der Waals surface area contributed by atoms with Crippen LogP contribution in [0.4, 0.5) is 0 Å². The van der Waals surface area contributed by atoms with Gasteiger partial charge in [-0.15, -0.1) is 0 Å². The molecule has 1 aliphatic heterocycles. The van der Waals surface area contributed by atoms with Crippen molar-refractivity contribution in [2.75, 3.05) is 13.1 Å². The molecule has 0 spiro atoms. The Morgan fingerprint density at radius 2 is 2.10 bits per heavy atom. The number of piperidine rings is 1. The van der Waals surface area contributed by atoms with Crippen LogP contribution in [0.5, 0.6) is 0 Å². The molecule has 0 aliphatic carbocycles. The van der Waals surface area contributed by atoms with Crippen molar-refractivity contribution in [3.8, 4) is 6.07 Å². The van der Waals surface area contributed by atoms with Gasteiger partial charge in [-0.3, -0.25) is 14.5 Å². The van der Waals surface area contributed by atoms with E-state index in [2.05, 4.69) is 0 Å². The van der Waals surface area contributed by atoms with Crippen LogP contribution in [0.2, 0.25) is 0 Å². The van der Waals surface area contributed by atoms with Crippen LogP contribution < -0.4 is 0 Å². The van der Waals surface area contributed by atoms with Gasteiger partial charge < -0.3 is 5.11 Å². The SMILES string of the molecule is N#CCC1(C(=O)O)CCN(Cc2ccccc2)CC1=O. The van der Waals surface area contributed by atoms with Crippen LogP contribution in [0.15, 0.2) is 30.3 Å². The van der Waals surface area contributed by atoms with E-state index in [9.17, 15) is 14.7 Å². The van der Waals surface area contributed by atoms with Gasteiger partial charge in [0.2, 0.25) is 0 Å². The Morgan fingerprint density at radius 1 is 1.40 bits per heavy atom. The highest BCUT2D eigenvalue weighted by atomic mass is 16.4. The number of nitrogens with zero attached hydrogens (tertiary/aromatic N) is 2. The lowest BCUT2D eigenvalue weighted by molar-refractivity contribution is -0.158. The summed E-state index contributed by atoms with van der Waals surface area (Å²) in [5.74, 6) is -1.54. The normalized spacial score (nSPS) is 23.2. The maximum absolute atomic E-state index is 12.2. The highest BCUT2D eigenvalue weighted by Crippen LogP contribution is 2.32. The maximum Gasteiger partial charge on any atom is 0.318 e. The number of Topliss-reactive ketones (excluding diaryl/α,β-unsaturated/α-hetero) is 1. The van der Waals surface area contributed by atoms with Crippen LogP contribution in [0.3, 0.4) is 0 Å². The van der Waals surface area contributed by atoms with Crippen molar-refractivity contribution in [3.63, 3.8) is 0 Å². The monoisotopic (exact) mass is 272 g/mol. The number of likely N-dealkylation sites (tertiary alicyclic amines) is 1. The summed E-state index contributed by atoms with van der Waals surface area (Å²) in [4.78, 5) is 25.5. The van der Waals surface area contributed by atoms with Crippen molar-refractivity contribution in [1.29, 1.82) is 5.26 Å². The zero-order valence-electron chi connectivity index (χ0n) is 11.1. The van der Waals surface area contributed by atoms with E-state index in [4.69, 9.17) is 5.26 Å². The molecular weight excluding hydrogens is 256 g/mol. The average molecular weight is 272 g/mol. The molecule has 1 fully saturated rings. The third-order valence-corrected chi connectivity index (χ3v) is 3.80. The minimum atomic E-state index is -1.51. The van der Waals surface area contributed by atoms with Crippen LogP contribution in [0.25, 0.3) is 0 Å². The number of rotatable bonds is 4. The molecule has 2 rings (SSSR count). The van der Waals surface area contributed by atoms with Crippen molar-refractivity contribution in [3.05, 3.63) is 35.9 Å². The Kier molecular flexibility index (Phi) is 4.16. The van der Waals surface area contributed by atoms with E-state index in [1.807, 2.05) is 41.3 Å². The van der Waals surface area contributed by atoms with Gasteiger partial charge in [0.05, 0.1) is 19.0 Å². The molecule has 0 aromatic heterocycles. The van der Waals surface area contributed by atoms with Gasteiger partial charge in [0.15, 0.2) is 5.78 Å². The first-order valence-corrected chi connectivity index (χ1v) is 6.48. The van der Waals surface area contributed by atoms with Gasteiger partial charge in [-0.2, -0.15) is 5.26 Å². The first-order chi connectivity index (χ1) is 9.58. The van der Waals surface area contributed by atoms with Gasteiger partial charge in [0, 0.05) is 13.1 Å². The van der Waals surface area contributed by atoms with Crippen molar-refractivity contribution >= 4 is 11.8 Å². The number of carboxylic acids is 1. The molecule has 1 heterocycles. The Bertz CT molecular complexity index is 550. The van der Waals surface area contributed by atoms with Gasteiger partial charge in [-0.25, -0.2) is 0 Å². The Hall–Kier alpha value is -2.19. The molecule has 5 nitrogen and oxygen atoms in total. The first kappa shape index (κ1) is 14.2. The lowest BCUT2D eigenvalue weighted by Crippen LogP contribution is -2.51. The number of carbonyl (C=O) groups is 2. The van der Waals surface area contributed by atoms with Gasteiger partial charge in [-0.05, 0) is 12.0 Å². The molecule has 0 saturated carbocycles. The second-order valence-electron chi connectivity index (χ2n) is 5.09. The lowest BCUT2D eigenvalue weighted by Gasteiger charge is -2.36. The number of aliphatic carboxylic acids is 1. The zero-order valence-corrected chi connectivity index (χ0v) is 11.1. The molecule has 1 N–H and O–H groups in total. The molecular formula is C15H16N2O3. The number of carboxylic acid groups (broad SMARTS) is 1. The van der Waals surface area contributed by atoms with Crippen LogP contribution in [-0.2, 0) is 16.1 Å². The van der Waals surface area contributed by atoms with Crippen molar-refractivity contribution in [2.45, 2.75) is 19.4 Å². The van der Waals surface area contributed by atoms with E-state index in [1.165, 1.54) is 0 Å². The first-order valence-electron chi connectivity index (χ1n) is 6.48. The van der Waals surface area contributed by atoms with E-state index >= 15 is 0 Å². The highest BCUT2D eigenvalue weighted by Gasteiger charge is 2.48. The molecule has 1 aromatic rings. The zero-order chi connectivity index (χ0) is 14.6. The molecule has 1 saturated heterocycles. The van der Waals surface area contributed by atoms with Crippen molar-refractivity contribution in [1.82, 2.24) is 4.90 Å². The number of carbonyl (C=O) groups excluding carboxylic acids is 1. The number of benzene rings is 1. The van der Waals surface area contributed by atoms with E-state index in [-0.39, 0.29) is 25.2 Å². The molecule has 1 unspecified atom stereocenters. The third kappa shape index (κ3) is 2.70. The van der Waals surface area contributed by atoms with Crippen LogP contribution in [0.1, 0.15) is 18.4 Å². The van der Waals surface area contributed by atoms with E-state index in [1.54, 1.807) is 0 Å². The number of nitriles is 1. The summed E-state index contributed by atoms with van der Waals surface area (Å²) in [6, 6.07) is 11.6. The smallest absolute Gasteiger partial charge is 0.318 e. The van der Waals surface area contributed by atoms with Gasteiger partial charge in [0.1, 0.15) is 5.41 Å². The molecule has 1 atom stereocenters. The molecule has 20 heavy (non-hydrogen) atoms. The average Bonchev–Trinajstić information content (AvgIpc) is 2.43. The Morgan fingerprint density at radius 3 is 2.65 bits per heavy atom. The van der Waals surface area contributed by atoms with Crippen LogP contribution >= 0.6 is 0 Å². The molecule has 5 heteroatoms. The Labute approximate surface area is 117 Å². The van der Waals surface area contributed by atoms with Crippen molar-refractivity contribution in [2.24, 2.45) is 5.41 Å². The van der Waals surface area contributed by atoms with Crippen LogP contribution in [-0.4, -0.2) is 34.8 Å². The number of ketones is 1. The van der Waals surface area contributed by atoms with E-state index < -0.39 is 11.4 Å². The fourth-order valence-electron chi connectivity index (χ4n) is 2.52. The van der Waals surface area contributed by atoms with Gasteiger partial charge >= 0.3 is 5.97 Å². The minimum absolute atomic E-state index is 0.0862. The molecule has 0 amide bonds. The quantitative estimate of drug-likeness (QED) is 0.839. The molecule has 0 radical (unpaired) electrons. The van der Waals surface area contributed by atoms with E-state index in [0.29, 0.717) is 13.1 Å². The summed E-state index contributed by atoms with van der Waals surface area (Å²) in [6.07, 6.45) is -0.0537. The van der Waals surface area contributed by atoms with E-state index in [0.717, 1.165) is 5.56 Å². The summed E-state index contributed by atoms with van der Waals surface area (Å²) in [7, 11) is 0. The molecule has 1 aromatic carbocycles. The fraction of sp³-hybridized carbons (Fsp3) is 0.400. The summed E-state index contributed by atoms with van der Waals surface area (Å²) in [5, 5.41) is 18.0. The largest absolute Gasteiger partial charge is 0.480 e. The molecule has 104 valence electrons. The van der Waals surface area contributed by atoms with Crippen LogP contribution in [0, 0.1) is 16.7 Å². The summed E-state index contributed by atoms with van der Waals surface area (Å²) < 4.78 is 0. The summed E-state index contributed by atoms with van der Waals surface area (Å²) >= 11 is 0. The number of hydrogen-bond acceptors (Lipinski definition) is 4. The second-order valence-corrected chi connectivity index (χ2v) is 5.09. The topological polar surface area (TPSA) is 81.4 Å². The summed E-state index contributed by atoms with van der Waals surface area (Å²) in [5.41, 5.74) is -0.425. The fourth-order valence-corrected chi connectivity index (χ4v) is 2.52. The van der Waals surface area contributed by atoms with Gasteiger partial charge in [0.25, 0.3) is 0 Å². The summed E-state index contributed by atoms with van der Waals surface area (Å²) in [6.45, 7) is 1.21. The third-order valence-electron chi connectivity index (χ3n) is 3.80. The lowest BCUT2D eigenvalue weighted by atomic mass is 9.75. The highest BCUT2D eigenvalue weighted by molar-refractivity contribution is 6.04. The Balaban J connectivity index is 2.07. The molecule has 0 bridgehead atoms. The standard InChI is InChI=1S/C15H16N2O3/c16-8-6-15(14(19)20)7-9-17(11-13(15)18)10-12-4-2-1-3-5-12/h1-5H,6-7,9-11H2,(H,19,20). The maximum atomic E-state index is 12.2. The van der Waals surface area contributed by atoms with Crippen molar-refractivity contribution < 1.29 is 14.7 Å². The minimum Gasteiger partial charge on any atom is -0.480 e. The molecule has 1 aliphatic rings. The predicted octanol–water partition coefficient (Wildman–Crippen LogP) is 1.45. The number of hydrogen-bond donors (Lipinski definition) is 1. The van der Waals surface area contributed by atoms with Gasteiger partial charge in [-0.1, -0.05) is 30.3 Å². The second kappa shape index (κ2) is 5.85.